The van der Waals surface area contributed by atoms with E-state index in [2.05, 4.69) is 5.32 Å². The highest BCUT2D eigenvalue weighted by molar-refractivity contribution is 7.92. The standard InChI is InChI=1S/C21H18ClFN2O3S/c1-25(20-11-3-2-10-19(20)23)29(27,28)18-9-5-7-16(13-18)21(26)24-14-15-6-4-8-17(22)12-15/h2-13H,14H2,1H3,(H,24,26). The van der Waals surface area contributed by atoms with Crippen LogP contribution in [0.5, 0.6) is 0 Å². The summed E-state index contributed by atoms with van der Waals surface area (Å²) in [4.78, 5) is 12.4. The van der Waals surface area contributed by atoms with Crippen LogP contribution in [-0.4, -0.2) is 21.4 Å². The van der Waals surface area contributed by atoms with E-state index in [1.54, 1.807) is 24.3 Å². The molecule has 5 nitrogen and oxygen atoms in total. The number of anilines is 1. The largest absolute Gasteiger partial charge is 0.348 e. The van der Waals surface area contributed by atoms with Gasteiger partial charge < -0.3 is 5.32 Å². The van der Waals surface area contributed by atoms with E-state index in [0.717, 1.165) is 9.87 Å². The number of nitrogens with one attached hydrogen (secondary N) is 1. The Morgan fingerprint density at radius 2 is 1.76 bits per heavy atom. The van der Waals surface area contributed by atoms with Gasteiger partial charge in [-0.25, -0.2) is 12.8 Å². The maximum atomic E-state index is 14.0. The van der Waals surface area contributed by atoms with Crippen molar-refractivity contribution in [3.05, 3.63) is 94.8 Å². The van der Waals surface area contributed by atoms with Gasteiger partial charge in [0.25, 0.3) is 15.9 Å². The number of para-hydroxylation sites is 1. The average Bonchev–Trinajstić information content (AvgIpc) is 2.72. The van der Waals surface area contributed by atoms with Crippen LogP contribution in [0.4, 0.5) is 10.1 Å². The molecule has 0 unspecified atom stereocenters. The van der Waals surface area contributed by atoms with E-state index in [0.29, 0.717) is 5.02 Å². The molecule has 0 heterocycles. The molecule has 1 amide bonds. The molecule has 3 rings (SSSR count). The summed E-state index contributed by atoms with van der Waals surface area (Å²) in [5, 5.41) is 3.28. The van der Waals surface area contributed by atoms with E-state index in [4.69, 9.17) is 11.6 Å². The summed E-state index contributed by atoms with van der Waals surface area (Å²) in [6.07, 6.45) is 0. The van der Waals surface area contributed by atoms with Crippen LogP contribution in [0, 0.1) is 5.82 Å². The Morgan fingerprint density at radius 1 is 1.03 bits per heavy atom. The van der Waals surface area contributed by atoms with Crippen molar-refractivity contribution in [2.75, 3.05) is 11.4 Å². The summed E-state index contributed by atoms with van der Waals surface area (Å²) in [7, 11) is -2.78. The Labute approximate surface area is 173 Å². The Kier molecular flexibility index (Phi) is 6.20. The second kappa shape index (κ2) is 8.63. The van der Waals surface area contributed by atoms with Crippen molar-refractivity contribution in [2.24, 2.45) is 0 Å². The molecule has 0 saturated carbocycles. The average molecular weight is 433 g/mol. The highest BCUT2D eigenvalue weighted by Crippen LogP contribution is 2.25. The number of amides is 1. The Balaban J connectivity index is 1.81. The molecular weight excluding hydrogens is 415 g/mol. The molecule has 0 aromatic heterocycles. The fourth-order valence-electron chi connectivity index (χ4n) is 2.72. The molecule has 3 aromatic rings. The molecule has 0 aliphatic carbocycles. The first-order chi connectivity index (χ1) is 13.8. The number of nitrogens with zero attached hydrogens (tertiary/aromatic N) is 1. The SMILES string of the molecule is CN(c1ccccc1F)S(=O)(=O)c1cccc(C(=O)NCc2cccc(Cl)c2)c1. The van der Waals surface area contributed by atoms with E-state index < -0.39 is 21.7 Å². The third kappa shape index (κ3) is 4.75. The first kappa shape index (κ1) is 20.8. The molecule has 0 atom stereocenters. The van der Waals surface area contributed by atoms with Gasteiger partial charge in [0, 0.05) is 24.2 Å². The fraction of sp³-hybridized carbons (Fsp3) is 0.0952. The topological polar surface area (TPSA) is 66.5 Å². The van der Waals surface area contributed by atoms with Crippen LogP contribution in [0.2, 0.25) is 5.02 Å². The number of rotatable bonds is 6. The smallest absolute Gasteiger partial charge is 0.264 e. The predicted molar refractivity (Wildman–Crippen MR) is 111 cm³/mol. The molecule has 3 aromatic carbocycles. The molecule has 0 radical (unpaired) electrons. The summed E-state index contributed by atoms with van der Waals surface area (Å²) in [5.74, 6) is -1.09. The van der Waals surface area contributed by atoms with E-state index >= 15 is 0 Å². The maximum Gasteiger partial charge on any atom is 0.264 e. The Bertz CT molecular complexity index is 1150. The maximum absolute atomic E-state index is 14.0. The molecule has 0 saturated heterocycles. The lowest BCUT2D eigenvalue weighted by Crippen LogP contribution is -2.28. The fourth-order valence-corrected chi connectivity index (χ4v) is 4.19. The van der Waals surface area contributed by atoms with Gasteiger partial charge in [-0.05, 0) is 48.0 Å². The third-order valence-electron chi connectivity index (χ3n) is 4.29. The van der Waals surface area contributed by atoms with Crippen LogP contribution in [0.25, 0.3) is 0 Å². The molecule has 8 heteroatoms. The number of hydrogen-bond acceptors (Lipinski definition) is 3. The quantitative estimate of drug-likeness (QED) is 0.633. The van der Waals surface area contributed by atoms with Gasteiger partial charge in [0.2, 0.25) is 0 Å². The van der Waals surface area contributed by atoms with Gasteiger partial charge in [-0.3, -0.25) is 9.10 Å². The highest BCUT2D eigenvalue weighted by Gasteiger charge is 2.24. The van der Waals surface area contributed by atoms with Gasteiger partial charge >= 0.3 is 0 Å². The molecular formula is C21H18ClFN2O3S. The number of sulfonamides is 1. The second-order valence-corrected chi connectivity index (χ2v) is 8.67. The molecule has 0 spiro atoms. The van der Waals surface area contributed by atoms with E-state index in [1.165, 1.54) is 49.5 Å². The van der Waals surface area contributed by atoms with Crippen LogP contribution in [0.3, 0.4) is 0 Å². The molecule has 0 fully saturated rings. The first-order valence-corrected chi connectivity index (χ1v) is 10.5. The second-order valence-electron chi connectivity index (χ2n) is 6.26. The molecule has 1 N–H and O–H groups in total. The van der Waals surface area contributed by atoms with Crippen LogP contribution in [-0.2, 0) is 16.6 Å². The van der Waals surface area contributed by atoms with Gasteiger partial charge in [-0.1, -0.05) is 41.9 Å². The molecule has 0 aliphatic heterocycles. The zero-order valence-corrected chi connectivity index (χ0v) is 17.0. The minimum atomic E-state index is -4.05. The Morgan fingerprint density at radius 3 is 2.48 bits per heavy atom. The summed E-state index contributed by atoms with van der Waals surface area (Å²) >= 11 is 5.93. The minimum absolute atomic E-state index is 0.0803. The summed E-state index contributed by atoms with van der Waals surface area (Å²) in [6.45, 7) is 0.242. The van der Waals surface area contributed by atoms with Crippen molar-refractivity contribution in [1.29, 1.82) is 0 Å². The molecule has 150 valence electrons. The number of halogens is 2. The Hall–Kier alpha value is -2.90. The number of benzene rings is 3. The number of carbonyl (C=O) groups excluding carboxylic acids is 1. The van der Waals surface area contributed by atoms with Gasteiger partial charge in [-0.15, -0.1) is 0 Å². The van der Waals surface area contributed by atoms with Crippen molar-refractivity contribution < 1.29 is 17.6 Å². The third-order valence-corrected chi connectivity index (χ3v) is 6.29. The lowest BCUT2D eigenvalue weighted by molar-refractivity contribution is 0.0950. The first-order valence-electron chi connectivity index (χ1n) is 8.65. The highest BCUT2D eigenvalue weighted by atomic mass is 35.5. The van der Waals surface area contributed by atoms with Crippen molar-refractivity contribution in [1.82, 2.24) is 5.32 Å². The summed E-state index contributed by atoms with van der Waals surface area (Å²) in [5.41, 5.74) is 0.909. The summed E-state index contributed by atoms with van der Waals surface area (Å²) < 4.78 is 40.6. The van der Waals surface area contributed by atoms with E-state index in [9.17, 15) is 17.6 Å². The molecule has 0 bridgehead atoms. The lowest BCUT2D eigenvalue weighted by Gasteiger charge is -2.20. The van der Waals surface area contributed by atoms with Crippen molar-refractivity contribution in [2.45, 2.75) is 11.4 Å². The minimum Gasteiger partial charge on any atom is -0.348 e. The monoisotopic (exact) mass is 432 g/mol. The van der Waals surface area contributed by atoms with Crippen LogP contribution in [0.15, 0.2) is 77.7 Å². The van der Waals surface area contributed by atoms with Crippen LogP contribution >= 0.6 is 11.6 Å². The van der Waals surface area contributed by atoms with Crippen molar-refractivity contribution >= 4 is 33.2 Å². The number of hydrogen-bond donors (Lipinski definition) is 1. The number of carbonyl (C=O) groups is 1. The van der Waals surface area contributed by atoms with Crippen LogP contribution in [0.1, 0.15) is 15.9 Å². The van der Waals surface area contributed by atoms with E-state index in [1.807, 2.05) is 6.07 Å². The normalized spacial score (nSPS) is 11.1. The van der Waals surface area contributed by atoms with Crippen molar-refractivity contribution in [3.8, 4) is 0 Å². The van der Waals surface area contributed by atoms with E-state index in [-0.39, 0.29) is 22.7 Å². The van der Waals surface area contributed by atoms with Gasteiger partial charge in [-0.2, -0.15) is 0 Å². The predicted octanol–water partition coefficient (Wildman–Crippen LogP) is 4.23. The zero-order valence-electron chi connectivity index (χ0n) is 15.5. The van der Waals surface area contributed by atoms with Gasteiger partial charge in [0.1, 0.15) is 5.82 Å². The molecule has 0 aliphatic rings. The van der Waals surface area contributed by atoms with Gasteiger partial charge in [0.15, 0.2) is 0 Å². The summed E-state index contributed by atoms with van der Waals surface area (Å²) in [6, 6.07) is 18.2. The molecule has 29 heavy (non-hydrogen) atoms. The van der Waals surface area contributed by atoms with Crippen LogP contribution < -0.4 is 9.62 Å². The lowest BCUT2D eigenvalue weighted by atomic mass is 10.2. The zero-order chi connectivity index (χ0) is 21.0. The van der Waals surface area contributed by atoms with Gasteiger partial charge in [0.05, 0.1) is 10.6 Å². The van der Waals surface area contributed by atoms with Crippen molar-refractivity contribution in [3.63, 3.8) is 0 Å².